The van der Waals surface area contributed by atoms with Crippen molar-refractivity contribution in [1.82, 2.24) is 5.32 Å². The fourth-order valence-electron chi connectivity index (χ4n) is 1.27. The molecule has 1 rings (SSSR count). The molecule has 0 fully saturated rings. The van der Waals surface area contributed by atoms with Gasteiger partial charge in [0.25, 0.3) is 0 Å². The first-order valence-corrected chi connectivity index (χ1v) is 4.94. The third-order valence-electron chi connectivity index (χ3n) is 2.07. The Balaban J connectivity index is 2.38. The van der Waals surface area contributed by atoms with E-state index in [9.17, 15) is 4.79 Å². The molecule has 2 heteroatoms. The Hall–Kier alpha value is -1.59. The highest BCUT2D eigenvalue weighted by Gasteiger charge is 2.02. The van der Waals surface area contributed by atoms with Crippen LogP contribution in [0.25, 0.3) is 0 Å². The lowest BCUT2D eigenvalue weighted by atomic mass is 10.1. The minimum atomic E-state index is 0.161. The maximum atomic E-state index is 11.4. The second-order valence-electron chi connectivity index (χ2n) is 3.51. The van der Waals surface area contributed by atoms with E-state index in [1.807, 2.05) is 31.2 Å². The van der Waals surface area contributed by atoms with E-state index in [-0.39, 0.29) is 5.78 Å². The van der Waals surface area contributed by atoms with Gasteiger partial charge in [-0.25, -0.2) is 0 Å². The Morgan fingerprint density at radius 3 is 2.67 bits per heavy atom. The van der Waals surface area contributed by atoms with Crippen molar-refractivity contribution in [3.8, 4) is 12.3 Å². The third kappa shape index (κ3) is 4.44. The second-order valence-corrected chi connectivity index (χ2v) is 3.51. The van der Waals surface area contributed by atoms with Crippen molar-refractivity contribution in [3.63, 3.8) is 0 Å². The molecule has 78 valence electrons. The first kappa shape index (κ1) is 11.5. The van der Waals surface area contributed by atoms with E-state index in [4.69, 9.17) is 6.42 Å². The van der Waals surface area contributed by atoms with Gasteiger partial charge in [0.2, 0.25) is 0 Å². The van der Waals surface area contributed by atoms with Crippen LogP contribution in [0.4, 0.5) is 0 Å². The maximum Gasteiger partial charge on any atom is 0.150 e. The van der Waals surface area contributed by atoms with Crippen LogP contribution in [0.2, 0.25) is 0 Å². The predicted octanol–water partition coefficient (Wildman–Crippen LogP) is 1.33. The molecule has 0 bridgehead atoms. The topological polar surface area (TPSA) is 29.1 Å². The van der Waals surface area contributed by atoms with Crippen molar-refractivity contribution in [1.29, 1.82) is 0 Å². The van der Waals surface area contributed by atoms with Crippen LogP contribution in [0.15, 0.2) is 24.3 Å². The van der Waals surface area contributed by atoms with E-state index in [1.165, 1.54) is 5.56 Å². The highest BCUT2D eigenvalue weighted by Crippen LogP contribution is 2.03. The number of Topliss-reactive ketones (excluding diaryl/α,β-unsaturated/α-hetero) is 1. The molecule has 0 unspecified atom stereocenters. The molecule has 0 aliphatic carbocycles. The maximum absolute atomic E-state index is 11.4. The normalized spacial score (nSPS) is 9.60. The molecule has 2 nitrogen and oxygen atoms in total. The lowest BCUT2D eigenvalue weighted by Gasteiger charge is -2.02. The van der Waals surface area contributed by atoms with Gasteiger partial charge in [-0.15, -0.1) is 6.42 Å². The van der Waals surface area contributed by atoms with Crippen LogP contribution >= 0.6 is 0 Å². The summed E-state index contributed by atoms with van der Waals surface area (Å²) in [5, 5.41) is 2.88. The van der Waals surface area contributed by atoms with Gasteiger partial charge in [-0.05, 0) is 12.5 Å². The zero-order chi connectivity index (χ0) is 11.1. The summed E-state index contributed by atoms with van der Waals surface area (Å²) in [5.74, 6) is 2.59. The molecule has 0 aromatic heterocycles. The fourth-order valence-corrected chi connectivity index (χ4v) is 1.27. The summed E-state index contributed by atoms with van der Waals surface area (Å²) in [7, 11) is 0. The van der Waals surface area contributed by atoms with Crippen LogP contribution in [0, 0.1) is 19.3 Å². The summed E-state index contributed by atoms with van der Waals surface area (Å²) >= 11 is 0. The Kier molecular flexibility index (Phi) is 4.59. The molecule has 1 aromatic rings. The van der Waals surface area contributed by atoms with Gasteiger partial charge in [0.1, 0.15) is 0 Å². The lowest BCUT2D eigenvalue weighted by Crippen LogP contribution is -2.24. The summed E-state index contributed by atoms with van der Waals surface area (Å²) in [6.07, 6.45) is 5.53. The first-order chi connectivity index (χ1) is 7.22. The van der Waals surface area contributed by atoms with Crippen LogP contribution in [-0.4, -0.2) is 18.9 Å². The van der Waals surface area contributed by atoms with Crippen LogP contribution in [0.5, 0.6) is 0 Å². The molecule has 0 saturated carbocycles. The molecule has 0 radical (unpaired) electrons. The highest BCUT2D eigenvalue weighted by molar-refractivity contribution is 5.82. The standard InChI is InChI=1S/C13H15NO/c1-3-8-14-10-13(15)9-12-6-4-11(2)5-7-12/h1,4-7,14H,8-10H2,2H3. The number of hydrogen-bond acceptors (Lipinski definition) is 2. The summed E-state index contributed by atoms with van der Waals surface area (Å²) in [6, 6.07) is 7.98. The summed E-state index contributed by atoms with van der Waals surface area (Å²) in [4.78, 5) is 11.4. The Morgan fingerprint density at radius 2 is 2.07 bits per heavy atom. The minimum Gasteiger partial charge on any atom is -0.299 e. The molecular formula is C13H15NO. The van der Waals surface area contributed by atoms with E-state index in [0.717, 1.165) is 5.56 Å². The van der Waals surface area contributed by atoms with Gasteiger partial charge < -0.3 is 0 Å². The second kappa shape index (κ2) is 6.00. The molecule has 0 saturated heterocycles. The molecule has 0 heterocycles. The Bertz CT molecular complexity index is 359. The van der Waals surface area contributed by atoms with Gasteiger partial charge in [0, 0.05) is 6.42 Å². The van der Waals surface area contributed by atoms with E-state index >= 15 is 0 Å². The van der Waals surface area contributed by atoms with Gasteiger partial charge in [-0.3, -0.25) is 10.1 Å². The van der Waals surface area contributed by atoms with Crippen molar-refractivity contribution in [2.24, 2.45) is 0 Å². The average Bonchev–Trinajstić information content (AvgIpc) is 2.22. The monoisotopic (exact) mass is 201 g/mol. The number of benzene rings is 1. The minimum absolute atomic E-state index is 0.161. The molecule has 15 heavy (non-hydrogen) atoms. The molecule has 0 spiro atoms. The number of ketones is 1. The number of hydrogen-bond donors (Lipinski definition) is 1. The predicted molar refractivity (Wildman–Crippen MR) is 61.6 cm³/mol. The number of aryl methyl sites for hydroxylation is 1. The van der Waals surface area contributed by atoms with E-state index in [1.54, 1.807) is 0 Å². The third-order valence-corrected chi connectivity index (χ3v) is 2.07. The highest BCUT2D eigenvalue weighted by atomic mass is 16.1. The van der Waals surface area contributed by atoms with Crippen molar-refractivity contribution in [2.45, 2.75) is 13.3 Å². The van der Waals surface area contributed by atoms with Crippen LogP contribution in [0.3, 0.4) is 0 Å². The van der Waals surface area contributed by atoms with Gasteiger partial charge >= 0.3 is 0 Å². The average molecular weight is 201 g/mol. The lowest BCUT2D eigenvalue weighted by molar-refractivity contribution is -0.117. The van der Waals surface area contributed by atoms with Gasteiger partial charge in [-0.1, -0.05) is 35.7 Å². The first-order valence-electron chi connectivity index (χ1n) is 4.94. The fraction of sp³-hybridized carbons (Fsp3) is 0.308. The summed E-state index contributed by atoms with van der Waals surface area (Å²) in [6.45, 7) is 2.82. The number of carbonyl (C=O) groups excluding carboxylic acids is 1. The smallest absolute Gasteiger partial charge is 0.150 e. The van der Waals surface area contributed by atoms with Crippen molar-refractivity contribution < 1.29 is 4.79 Å². The Morgan fingerprint density at radius 1 is 1.40 bits per heavy atom. The van der Waals surface area contributed by atoms with Gasteiger partial charge in [0.15, 0.2) is 5.78 Å². The molecular weight excluding hydrogens is 186 g/mol. The number of nitrogens with one attached hydrogen (secondary N) is 1. The summed E-state index contributed by atoms with van der Waals surface area (Å²) < 4.78 is 0. The van der Waals surface area contributed by atoms with Crippen molar-refractivity contribution >= 4 is 5.78 Å². The number of rotatable bonds is 5. The van der Waals surface area contributed by atoms with E-state index in [2.05, 4.69) is 11.2 Å². The van der Waals surface area contributed by atoms with Crippen molar-refractivity contribution in [2.75, 3.05) is 13.1 Å². The van der Waals surface area contributed by atoms with E-state index < -0.39 is 0 Å². The van der Waals surface area contributed by atoms with Crippen LogP contribution in [0.1, 0.15) is 11.1 Å². The molecule has 0 aliphatic heterocycles. The van der Waals surface area contributed by atoms with Crippen molar-refractivity contribution in [3.05, 3.63) is 35.4 Å². The largest absolute Gasteiger partial charge is 0.299 e. The quantitative estimate of drug-likeness (QED) is 0.575. The van der Waals surface area contributed by atoms with E-state index in [0.29, 0.717) is 19.5 Å². The molecule has 1 N–H and O–H groups in total. The zero-order valence-corrected chi connectivity index (χ0v) is 8.92. The SMILES string of the molecule is C#CCNCC(=O)Cc1ccc(C)cc1. The van der Waals surface area contributed by atoms with Crippen LogP contribution < -0.4 is 5.32 Å². The molecule has 1 aromatic carbocycles. The number of carbonyl (C=O) groups is 1. The zero-order valence-electron chi connectivity index (χ0n) is 8.92. The molecule has 0 amide bonds. The number of terminal acetylenes is 1. The summed E-state index contributed by atoms with van der Waals surface area (Å²) in [5.41, 5.74) is 2.25. The van der Waals surface area contributed by atoms with Gasteiger partial charge in [-0.2, -0.15) is 0 Å². The molecule has 0 aliphatic rings. The molecule has 0 atom stereocenters. The van der Waals surface area contributed by atoms with Crippen LogP contribution in [-0.2, 0) is 11.2 Å². The van der Waals surface area contributed by atoms with Gasteiger partial charge in [0.05, 0.1) is 13.1 Å². The Labute approximate surface area is 90.7 Å².